The Labute approximate surface area is 122 Å². The summed E-state index contributed by atoms with van der Waals surface area (Å²) < 4.78 is 0. The molecule has 1 N–H and O–H groups in total. The first-order chi connectivity index (χ1) is 9.22. The average Bonchev–Trinajstić information content (AvgIpc) is 2.41. The molecule has 0 saturated carbocycles. The van der Waals surface area contributed by atoms with Crippen molar-refractivity contribution in [3.8, 4) is 0 Å². The first-order valence-corrected chi connectivity index (χ1v) is 8.95. The zero-order valence-corrected chi connectivity index (χ0v) is 14.1. The van der Waals surface area contributed by atoms with Crippen LogP contribution in [0.3, 0.4) is 0 Å². The van der Waals surface area contributed by atoms with Gasteiger partial charge in [0, 0.05) is 6.04 Å². The van der Waals surface area contributed by atoms with E-state index in [0.717, 1.165) is 12.5 Å². The van der Waals surface area contributed by atoms with E-state index in [1.54, 1.807) is 0 Å². The van der Waals surface area contributed by atoms with Gasteiger partial charge >= 0.3 is 0 Å². The second kappa shape index (κ2) is 14.4. The van der Waals surface area contributed by atoms with Crippen molar-refractivity contribution in [2.75, 3.05) is 6.54 Å². The zero-order chi connectivity index (χ0) is 14.3. The number of hydrogen-bond donors (Lipinski definition) is 1. The summed E-state index contributed by atoms with van der Waals surface area (Å²) in [6, 6.07) is 0.684. The third-order valence-electron chi connectivity index (χ3n) is 4.39. The lowest BCUT2D eigenvalue weighted by Crippen LogP contribution is -2.31. The normalized spacial score (nSPS) is 14.5. The van der Waals surface area contributed by atoms with Gasteiger partial charge in [0.05, 0.1) is 0 Å². The molecule has 0 aromatic rings. The molecule has 0 radical (unpaired) electrons. The van der Waals surface area contributed by atoms with Gasteiger partial charge in [-0.2, -0.15) is 0 Å². The van der Waals surface area contributed by atoms with Crippen molar-refractivity contribution < 1.29 is 0 Å². The van der Waals surface area contributed by atoms with E-state index in [4.69, 9.17) is 0 Å². The van der Waals surface area contributed by atoms with Crippen LogP contribution in [0.4, 0.5) is 0 Å². The third kappa shape index (κ3) is 12.7. The Bertz CT molecular complexity index is 167. The molecule has 1 heteroatoms. The maximum atomic E-state index is 3.53. The van der Waals surface area contributed by atoms with E-state index in [-0.39, 0.29) is 0 Å². The molecule has 19 heavy (non-hydrogen) atoms. The smallest absolute Gasteiger partial charge is 0.00642 e. The van der Waals surface area contributed by atoms with Crippen molar-refractivity contribution in [1.82, 2.24) is 5.32 Å². The van der Waals surface area contributed by atoms with Gasteiger partial charge in [0.25, 0.3) is 0 Å². The molecule has 1 nitrogen and oxygen atoms in total. The van der Waals surface area contributed by atoms with Crippen molar-refractivity contribution in [2.24, 2.45) is 5.92 Å². The summed E-state index contributed by atoms with van der Waals surface area (Å²) in [5, 5.41) is 3.53. The van der Waals surface area contributed by atoms with Crippen LogP contribution in [0.25, 0.3) is 0 Å². The van der Waals surface area contributed by atoms with Crippen LogP contribution >= 0.6 is 0 Å². The fraction of sp³-hybridized carbons (Fsp3) is 1.00. The van der Waals surface area contributed by atoms with E-state index in [1.165, 1.54) is 70.6 Å². The predicted octanol–water partition coefficient (Wildman–Crippen LogP) is 5.93. The Morgan fingerprint density at radius 3 is 1.63 bits per heavy atom. The Morgan fingerprint density at radius 2 is 1.16 bits per heavy atom. The fourth-order valence-corrected chi connectivity index (χ4v) is 2.73. The van der Waals surface area contributed by atoms with Crippen LogP contribution in [-0.4, -0.2) is 12.6 Å². The fourth-order valence-electron chi connectivity index (χ4n) is 2.73. The van der Waals surface area contributed by atoms with Crippen molar-refractivity contribution in [1.29, 1.82) is 0 Å². The number of nitrogens with one attached hydrogen (secondary N) is 1. The molecule has 0 heterocycles. The number of rotatable bonds is 14. The van der Waals surface area contributed by atoms with E-state index in [9.17, 15) is 0 Å². The van der Waals surface area contributed by atoms with Gasteiger partial charge in [-0.3, -0.25) is 0 Å². The number of hydrogen-bond acceptors (Lipinski definition) is 1. The summed E-state index contributed by atoms with van der Waals surface area (Å²) in [7, 11) is 0. The second-order valence-electron chi connectivity index (χ2n) is 6.29. The molecule has 0 bridgehead atoms. The van der Waals surface area contributed by atoms with E-state index in [0.29, 0.717) is 6.04 Å². The minimum absolute atomic E-state index is 0.684. The summed E-state index contributed by atoms with van der Waals surface area (Å²) in [6.45, 7) is 10.3. The Kier molecular flexibility index (Phi) is 14.3. The lowest BCUT2D eigenvalue weighted by Gasteiger charge is -2.20. The highest BCUT2D eigenvalue weighted by molar-refractivity contribution is 4.67. The zero-order valence-electron chi connectivity index (χ0n) is 14.1. The molecular weight excluding hydrogens is 230 g/mol. The van der Waals surface area contributed by atoms with Gasteiger partial charge < -0.3 is 5.32 Å². The predicted molar refractivity (Wildman–Crippen MR) is 88.8 cm³/mol. The molecule has 2 atom stereocenters. The SMILES string of the molecule is CCCCCCCCCCCCC(C)C(C)NCC. The quantitative estimate of drug-likeness (QED) is 0.385. The van der Waals surface area contributed by atoms with Crippen molar-refractivity contribution in [2.45, 2.75) is 104 Å². The van der Waals surface area contributed by atoms with Gasteiger partial charge in [-0.05, 0) is 25.8 Å². The lowest BCUT2D eigenvalue weighted by atomic mass is 9.96. The minimum Gasteiger partial charge on any atom is -0.314 e. The molecule has 0 aliphatic heterocycles. The molecule has 0 rings (SSSR count). The average molecular weight is 270 g/mol. The maximum absolute atomic E-state index is 3.53. The standard InChI is InChI=1S/C18H39N/c1-5-7-8-9-10-11-12-13-14-15-16-17(3)18(4)19-6-2/h17-19H,5-16H2,1-4H3. The Hall–Kier alpha value is -0.0400. The molecule has 0 spiro atoms. The van der Waals surface area contributed by atoms with Gasteiger partial charge in [0.1, 0.15) is 0 Å². The van der Waals surface area contributed by atoms with Crippen LogP contribution < -0.4 is 5.32 Å². The van der Waals surface area contributed by atoms with Crippen LogP contribution in [0.5, 0.6) is 0 Å². The number of unbranched alkanes of at least 4 members (excludes halogenated alkanes) is 9. The van der Waals surface area contributed by atoms with E-state index in [2.05, 4.69) is 33.0 Å². The monoisotopic (exact) mass is 269 g/mol. The molecule has 0 amide bonds. The van der Waals surface area contributed by atoms with Crippen molar-refractivity contribution in [3.63, 3.8) is 0 Å². The molecule has 2 unspecified atom stereocenters. The summed E-state index contributed by atoms with van der Waals surface area (Å²) in [5.74, 6) is 0.828. The highest BCUT2D eigenvalue weighted by Gasteiger charge is 2.09. The molecular formula is C18H39N. The van der Waals surface area contributed by atoms with Crippen molar-refractivity contribution >= 4 is 0 Å². The third-order valence-corrected chi connectivity index (χ3v) is 4.39. The second-order valence-corrected chi connectivity index (χ2v) is 6.29. The van der Waals surface area contributed by atoms with E-state index < -0.39 is 0 Å². The van der Waals surface area contributed by atoms with Gasteiger partial charge in [-0.15, -0.1) is 0 Å². The summed E-state index contributed by atoms with van der Waals surface area (Å²) >= 11 is 0. The Balaban J connectivity index is 3.18. The van der Waals surface area contributed by atoms with Crippen molar-refractivity contribution in [3.05, 3.63) is 0 Å². The first-order valence-electron chi connectivity index (χ1n) is 8.95. The van der Waals surface area contributed by atoms with Crippen LogP contribution in [0.2, 0.25) is 0 Å². The summed E-state index contributed by atoms with van der Waals surface area (Å²) in [5.41, 5.74) is 0. The van der Waals surface area contributed by atoms with Gasteiger partial charge in [0.2, 0.25) is 0 Å². The topological polar surface area (TPSA) is 12.0 Å². The molecule has 116 valence electrons. The van der Waals surface area contributed by atoms with Crippen LogP contribution in [0.15, 0.2) is 0 Å². The summed E-state index contributed by atoms with van der Waals surface area (Å²) in [6.07, 6.45) is 15.8. The molecule has 0 aliphatic rings. The highest BCUT2D eigenvalue weighted by atomic mass is 14.9. The van der Waals surface area contributed by atoms with Gasteiger partial charge in [0.15, 0.2) is 0 Å². The molecule has 0 aromatic carbocycles. The molecule has 0 aromatic heterocycles. The molecule has 0 fully saturated rings. The van der Waals surface area contributed by atoms with Crippen LogP contribution in [0.1, 0.15) is 98.3 Å². The minimum atomic E-state index is 0.684. The van der Waals surface area contributed by atoms with Crippen LogP contribution in [0, 0.1) is 5.92 Å². The Morgan fingerprint density at radius 1 is 0.684 bits per heavy atom. The molecule has 0 aliphatic carbocycles. The van der Waals surface area contributed by atoms with E-state index >= 15 is 0 Å². The lowest BCUT2D eigenvalue weighted by molar-refractivity contribution is 0.371. The summed E-state index contributed by atoms with van der Waals surface area (Å²) in [4.78, 5) is 0. The highest BCUT2D eigenvalue weighted by Crippen LogP contribution is 2.15. The maximum Gasteiger partial charge on any atom is 0.00642 e. The van der Waals surface area contributed by atoms with E-state index in [1.807, 2.05) is 0 Å². The largest absolute Gasteiger partial charge is 0.314 e. The van der Waals surface area contributed by atoms with Gasteiger partial charge in [-0.1, -0.05) is 85.0 Å². The van der Waals surface area contributed by atoms with Gasteiger partial charge in [-0.25, -0.2) is 0 Å². The van der Waals surface area contributed by atoms with Crippen LogP contribution in [-0.2, 0) is 0 Å². The first kappa shape index (κ1) is 19.0. The molecule has 0 saturated heterocycles.